The van der Waals surface area contributed by atoms with E-state index in [2.05, 4.69) is 15.3 Å². The normalized spacial score (nSPS) is 9.83. The fourth-order valence-corrected chi connectivity index (χ4v) is 1.40. The van der Waals surface area contributed by atoms with Crippen molar-refractivity contribution in [2.24, 2.45) is 0 Å². The highest BCUT2D eigenvalue weighted by molar-refractivity contribution is 5.96. The maximum Gasteiger partial charge on any atom is 0.339 e. The molecule has 0 saturated carbocycles. The second kappa shape index (κ2) is 5.13. The number of hydrogen-bond donors (Lipinski definition) is 2. The summed E-state index contributed by atoms with van der Waals surface area (Å²) in [6.45, 7) is 0. The van der Waals surface area contributed by atoms with Crippen LogP contribution in [0.15, 0.2) is 36.7 Å². The lowest BCUT2D eigenvalue weighted by molar-refractivity contribution is 0.0602. The Morgan fingerprint density at radius 2 is 1.94 bits per heavy atom. The van der Waals surface area contributed by atoms with E-state index in [-0.39, 0.29) is 0 Å². The van der Waals surface area contributed by atoms with Crippen molar-refractivity contribution in [3.63, 3.8) is 0 Å². The molecule has 0 unspecified atom stereocenters. The molecule has 0 fully saturated rings. The average molecular weight is 244 g/mol. The van der Waals surface area contributed by atoms with E-state index >= 15 is 0 Å². The summed E-state index contributed by atoms with van der Waals surface area (Å²) in [5.74, 6) is -0.0610. The Labute approximate surface area is 104 Å². The van der Waals surface area contributed by atoms with Gasteiger partial charge >= 0.3 is 5.97 Å². The lowest BCUT2D eigenvalue weighted by Crippen LogP contribution is -2.06. The second-order valence-electron chi connectivity index (χ2n) is 3.50. The van der Waals surface area contributed by atoms with Gasteiger partial charge in [0.05, 0.1) is 36.4 Å². The van der Waals surface area contributed by atoms with Gasteiger partial charge in [0.15, 0.2) is 0 Å². The Balaban J connectivity index is 2.28. The van der Waals surface area contributed by atoms with Gasteiger partial charge in [0.25, 0.3) is 0 Å². The van der Waals surface area contributed by atoms with E-state index in [1.165, 1.54) is 19.5 Å². The molecule has 1 aromatic heterocycles. The first-order valence-electron chi connectivity index (χ1n) is 5.22. The van der Waals surface area contributed by atoms with Crippen molar-refractivity contribution in [3.8, 4) is 0 Å². The number of para-hydroxylation sites is 1. The quantitative estimate of drug-likeness (QED) is 0.797. The van der Waals surface area contributed by atoms with Gasteiger partial charge in [0.1, 0.15) is 0 Å². The lowest BCUT2D eigenvalue weighted by atomic mass is 10.2. The van der Waals surface area contributed by atoms with Gasteiger partial charge < -0.3 is 15.8 Å². The summed E-state index contributed by atoms with van der Waals surface area (Å²) in [6, 6.07) is 6.95. The number of nitrogens with zero attached hydrogens (tertiary/aromatic N) is 2. The van der Waals surface area contributed by atoms with Gasteiger partial charge in [-0.3, -0.25) is 0 Å². The molecule has 0 spiro atoms. The largest absolute Gasteiger partial charge is 0.465 e. The molecule has 3 N–H and O–H groups in total. The number of nitrogens with two attached hydrogens (primary N) is 1. The summed E-state index contributed by atoms with van der Waals surface area (Å²) in [7, 11) is 1.33. The van der Waals surface area contributed by atoms with E-state index in [9.17, 15) is 4.79 Å². The number of anilines is 3. The summed E-state index contributed by atoms with van der Waals surface area (Å²) in [4.78, 5) is 19.6. The molecule has 6 heteroatoms. The van der Waals surface area contributed by atoms with Gasteiger partial charge in [-0.05, 0) is 12.1 Å². The number of aromatic nitrogens is 2. The predicted octanol–water partition coefficient (Wildman–Crippen LogP) is 1.59. The van der Waals surface area contributed by atoms with Crippen molar-refractivity contribution >= 4 is 23.3 Å². The standard InChI is InChI=1S/C12H12N4O2/c1-18-11(17)9-4-2-3-5-10(9)16-12-14-6-8(13)7-15-12/h2-7H,13H2,1H3,(H,14,15,16). The monoisotopic (exact) mass is 244 g/mol. The van der Waals surface area contributed by atoms with Crippen LogP contribution in [-0.4, -0.2) is 23.0 Å². The van der Waals surface area contributed by atoms with Crippen LogP contribution in [0.3, 0.4) is 0 Å². The van der Waals surface area contributed by atoms with Crippen LogP contribution in [-0.2, 0) is 4.74 Å². The highest BCUT2D eigenvalue weighted by Crippen LogP contribution is 2.19. The summed E-state index contributed by atoms with van der Waals surface area (Å²) >= 11 is 0. The van der Waals surface area contributed by atoms with Crippen LogP contribution in [0.5, 0.6) is 0 Å². The highest BCUT2D eigenvalue weighted by atomic mass is 16.5. The van der Waals surface area contributed by atoms with Crippen molar-refractivity contribution in [1.82, 2.24) is 9.97 Å². The molecule has 18 heavy (non-hydrogen) atoms. The third-order valence-electron chi connectivity index (χ3n) is 2.25. The van der Waals surface area contributed by atoms with Crippen molar-refractivity contribution in [2.45, 2.75) is 0 Å². The zero-order valence-electron chi connectivity index (χ0n) is 9.75. The van der Waals surface area contributed by atoms with Crippen molar-refractivity contribution in [2.75, 3.05) is 18.2 Å². The number of carbonyl (C=O) groups is 1. The number of nitrogens with one attached hydrogen (secondary N) is 1. The molecule has 0 saturated heterocycles. The predicted molar refractivity (Wildman–Crippen MR) is 67.5 cm³/mol. The van der Waals surface area contributed by atoms with Crippen LogP contribution in [0.25, 0.3) is 0 Å². The maximum atomic E-state index is 11.6. The van der Waals surface area contributed by atoms with E-state index in [0.29, 0.717) is 22.9 Å². The molecule has 92 valence electrons. The Hall–Kier alpha value is -2.63. The Kier molecular flexibility index (Phi) is 3.38. The molecule has 0 aliphatic heterocycles. The zero-order valence-corrected chi connectivity index (χ0v) is 9.75. The number of methoxy groups -OCH3 is 1. The van der Waals surface area contributed by atoms with Crippen molar-refractivity contribution in [3.05, 3.63) is 42.2 Å². The molecule has 1 heterocycles. The number of carbonyl (C=O) groups excluding carboxylic acids is 1. The van der Waals surface area contributed by atoms with E-state index in [1.54, 1.807) is 24.3 Å². The minimum absolute atomic E-state index is 0.362. The third kappa shape index (κ3) is 2.54. The minimum Gasteiger partial charge on any atom is -0.465 e. The first kappa shape index (κ1) is 11.8. The first-order chi connectivity index (χ1) is 8.70. The van der Waals surface area contributed by atoms with Gasteiger partial charge in [-0.15, -0.1) is 0 Å². The number of rotatable bonds is 3. The van der Waals surface area contributed by atoms with Gasteiger partial charge in [0, 0.05) is 0 Å². The Morgan fingerprint density at radius 1 is 1.28 bits per heavy atom. The van der Waals surface area contributed by atoms with Crippen molar-refractivity contribution in [1.29, 1.82) is 0 Å². The first-order valence-corrected chi connectivity index (χ1v) is 5.22. The molecule has 6 nitrogen and oxygen atoms in total. The molecule has 0 bridgehead atoms. The number of benzene rings is 1. The number of ether oxygens (including phenoxy) is 1. The van der Waals surface area contributed by atoms with Gasteiger partial charge in [-0.25, -0.2) is 14.8 Å². The summed E-state index contributed by atoms with van der Waals surface area (Å²) in [5, 5.41) is 2.94. The van der Waals surface area contributed by atoms with Gasteiger partial charge in [-0.2, -0.15) is 0 Å². The summed E-state index contributed by atoms with van der Waals surface area (Å²) in [6.07, 6.45) is 2.96. The number of hydrogen-bond acceptors (Lipinski definition) is 6. The molecule has 0 atom stereocenters. The lowest BCUT2D eigenvalue weighted by Gasteiger charge is -2.08. The molecule has 2 rings (SSSR count). The maximum absolute atomic E-state index is 11.6. The average Bonchev–Trinajstić information content (AvgIpc) is 2.41. The molecule has 0 amide bonds. The highest BCUT2D eigenvalue weighted by Gasteiger charge is 2.11. The van der Waals surface area contributed by atoms with Crippen LogP contribution in [0.1, 0.15) is 10.4 Å². The molecular formula is C12H12N4O2. The van der Waals surface area contributed by atoms with Crippen molar-refractivity contribution < 1.29 is 9.53 Å². The molecule has 0 radical (unpaired) electrons. The summed E-state index contributed by atoms with van der Waals surface area (Å²) in [5.41, 5.74) is 6.96. The van der Waals surface area contributed by atoms with Crippen LogP contribution in [0.2, 0.25) is 0 Å². The summed E-state index contributed by atoms with van der Waals surface area (Å²) < 4.78 is 4.69. The molecule has 1 aromatic carbocycles. The molecular weight excluding hydrogens is 232 g/mol. The zero-order chi connectivity index (χ0) is 13.0. The van der Waals surface area contributed by atoms with E-state index in [4.69, 9.17) is 10.5 Å². The Bertz CT molecular complexity index is 554. The fourth-order valence-electron chi connectivity index (χ4n) is 1.40. The SMILES string of the molecule is COC(=O)c1ccccc1Nc1ncc(N)cn1. The topological polar surface area (TPSA) is 90.1 Å². The van der Waals surface area contributed by atoms with Gasteiger partial charge in [-0.1, -0.05) is 12.1 Å². The van der Waals surface area contributed by atoms with Crippen LogP contribution >= 0.6 is 0 Å². The Morgan fingerprint density at radius 3 is 2.61 bits per heavy atom. The molecule has 0 aliphatic carbocycles. The van der Waals surface area contributed by atoms with E-state index in [1.807, 2.05) is 0 Å². The van der Waals surface area contributed by atoms with Crippen LogP contribution < -0.4 is 11.1 Å². The fraction of sp³-hybridized carbons (Fsp3) is 0.0833. The molecule has 2 aromatic rings. The molecule has 0 aliphatic rings. The number of nitrogen functional groups attached to an aromatic ring is 1. The smallest absolute Gasteiger partial charge is 0.339 e. The number of esters is 1. The van der Waals surface area contributed by atoms with E-state index < -0.39 is 5.97 Å². The third-order valence-corrected chi connectivity index (χ3v) is 2.25. The van der Waals surface area contributed by atoms with Gasteiger partial charge in [0.2, 0.25) is 5.95 Å². The van der Waals surface area contributed by atoms with Crippen LogP contribution in [0.4, 0.5) is 17.3 Å². The minimum atomic E-state index is -0.423. The van der Waals surface area contributed by atoms with Crippen LogP contribution in [0, 0.1) is 0 Å². The van der Waals surface area contributed by atoms with E-state index in [0.717, 1.165) is 0 Å². The second-order valence-corrected chi connectivity index (χ2v) is 3.50.